The van der Waals surface area contributed by atoms with E-state index in [1.807, 2.05) is 0 Å². The average molecular weight is 178 g/mol. The van der Waals surface area contributed by atoms with E-state index >= 15 is 0 Å². The predicted molar refractivity (Wildman–Crippen MR) is 48.2 cm³/mol. The van der Waals surface area contributed by atoms with Crippen LogP contribution in [0.25, 0.3) is 0 Å². The lowest BCUT2D eigenvalue weighted by Gasteiger charge is -2.36. The smallest absolute Gasteiger partial charge is 0.146 e. The monoisotopic (exact) mass is 177 g/mol. The van der Waals surface area contributed by atoms with Gasteiger partial charge < -0.3 is 0 Å². The second kappa shape index (κ2) is 4.73. The molecule has 0 radical (unpaired) electrons. The maximum absolute atomic E-state index is 11.0. The standard InChI is InChI=1S/C8H15NO.ClH/c1-3-8(7(2)10)9-5-4-6-9;/h8H,3-6H2,1-2H3;1H. The zero-order valence-electron chi connectivity index (χ0n) is 7.17. The van der Waals surface area contributed by atoms with Crippen LogP contribution in [0.3, 0.4) is 0 Å². The SMILES string of the molecule is CCC(C(C)=O)N1CCC1.Cl. The lowest BCUT2D eigenvalue weighted by Crippen LogP contribution is -2.48. The summed E-state index contributed by atoms with van der Waals surface area (Å²) in [5.74, 6) is 0.321. The first-order valence-corrected chi connectivity index (χ1v) is 4.00. The van der Waals surface area contributed by atoms with E-state index in [0.29, 0.717) is 5.78 Å². The number of carbonyl (C=O) groups excluding carboxylic acids is 1. The van der Waals surface area contributed by atoms with E-state index < -0.39 is 0 Å². The van der Waals surface area contributed by atoms with Crippen molar-refractivity contribution in [2.45, 2.75) is 32.7 Å². The fraction of sp³-hybridized carbons (Fsp3) is 0.875. The first-order chi connectivity index (χ1) is 4.75. The summed E-state index contributed by atoms with van der Waals surface area (Å²) in [5.41, 5.74) is 0. The van der Waals surface area contributed by atoms with Crippen molar-refractivity contribution in [3.8, 4) is 0 Å². The third-order valence-electron chi connectivity index (χ3n) is 2.19. The van der Waals surface area contributed by atoms with E-state index in [9.17, 15) is 4.79 Å². The van der Waals surface area contributed by atoms with Crippen LogP contribution in [0, 0.1) is 0 Å². The predicted octanol–water partition coefficient (Wildman–Crippen LogP) is 1.48. The van der Waals surface area contributed by atoms with Crippen molar-refractivity contribution >= 4 is 18.2 Å². The minimum Gasteiger partial charge on any atom is -0.298 e. The Bertz CT molecular complexity index is 134. The van der Waals surface area contributed by atoms with Crippen LogP contribution >= 0.6 is 12.4 Å². The molecule has 0 aromatic carbocycles. The van der Waals surface area contributed by atoms with E-state index in [4.69, 9.17) is 0 Å². The highest BCUT2D eigenvalue weighted by Crippen LogP contribution is 2.13. The highest BCUT2D eigenvalue weighted by molar-refractivity contribution is 5.85. The highest BCUT2D eigenvalue weighted by atomic mass is 35.5. The van der Waals surface area contributed by atoms with E-state index in [-0.39, 0.29) is 18.4 Å². The van der Waals surface area contributed by atoms with Crippen molar-refractivity contribution in [3.05, 3.63) is 0 Å². The molecule has 1 rings (SSSR count). The largest absolute Gasteiger partial charge is 0.298 e. The van der Waals surface area contributed by atoms with Crippen LogP contribution in [0.15, 0.2) is 0 Å². The van der Waals surface area contributed by atoms with Gasteiger partial charge in [0.25, 0.3) is 0 Å². The van der Waals surface area contributed by atoms with Gasteiger partial charge in [0.05, 0.1) is 6.04 Å². The number of likely N-dealkylation sites (tertiary alicyclic amines) is 1. The molecule has 0 bridgehead atoms. The van der Waals surface area contributed by atoms with Crippen LogP contribution in [-0.4, -0.2) is 29.8 Å². The van der Waals surface area contributed by atoms with Gasteiger partial charge in [-0.3, -0.25) is 9.69 Å². The van der Waals surface area contributed by atoms with E-state index in [1.165, 1.54) is 6.42 Å². The maximum atomic E-state index is 11.0. The van der Waals surface area contributed by atoms with Gasteiger partial charge in [-0.2, -0.15) is 0 Å². The Hall–Kier alpha value is -0.0800. The topological polar surface area (TPSA) is 20.3 Å². The molecular formula is C8H16ClNO. The third-order valence-corrected chi connectivity index (χ3v) is 2.19. The molecule has 11 heavy (non-hydrogen) atoms. The number of carbonyl (C=O) groups is 1. The van der Waals surface area contributed by atoms with Crippen LogP contribution in [0.5, 0.6) is 0 Å². The fourth-order valence-electron chi connectivity index (χ4n) is 1.46. The van der Waals surface area contributed by atoms with Gasteiger partial charge in [0.15, 0.2) is 0 Å². The number of ketones is 1. The zero-order valence-corrected chi connectivity index (χ0v) is 7.99. The maximum Gasteiger partial charge on any atom is 0.146 e. The summed E-state index contributed by atoms with van der Waals surface area (Å²) < 4.78 is 0. The molecule has 1 fully saturated rings. The molecule has 1 aliphatic heterocycles. The summed E-state index contributed by atoms with van der Waals surface area (Å²) in [7, 11) is 0. The minimum atomic E-state index is 0. The molecule has 66 valence electrons. The Morgan fingerprint density at radius 2 is 2.09 bits per heavy atom. The van der Waals surface area contributed by atoms with Crippen molar-refractivity contribution in [2.75, 3.05) is 13.1 Å². The van der Waals surface area contributed by atoms with Gasteiger partial charge in [-0.15, -0.1) is 12.4 Å². The number of nitrogens with zero attached hydrogens (tertiary/aromatic N) is 1. The minimum absolute atomic E-state index is 0. The van der Waals surface area contributed by atoms with Crippen molar-refractivity contribution in [1.29, 1.82) is 0 Å². The molecule has 0 spiro atoms. The molecule has 1 atom stereocenters. The molecule has 1 saturated heterocycles. The van der Waals surface area contributed by atoms with Gasteiger partial charge in [-0.1, -0.05) is 6.92 Å². The first-order valence-electron chi connectivity index (χ1n) is 4.00. The summed E-state index contributed by atoms with van der Waals surface area (Å²) in [6.45, 7) is 6.01. The highest BCUT2D eigenvalue weighted by Gasteiger charge is 2.25. The van der Waals surface area contributed by atoms with Gasteiger partial charge in [0.2, 0.25) is 0 Å². The van der Waals surface area contributed by atoms with Gasteiger partial charge in [-0.05, 0) is 19.8 Å². The van der Waals surface area contributed by atoms with Crippen LogP contribution in [0.1, 0.15) is 26.7 Å². The summed E-state index contributed by atoms with van der Waals surface area (Å²) in [6.07, 6.45) is 2.24. The van der Waals surface area contributed by atoms with Crippen molar-refractivity contribution in [3.63, 3.8) is 0 Å². The fourth-order valence-corrected chi connectivity index (χ4v) is 1.46. The van der Waals surface area contributed by atoms with Crippen LogP contribution in [-0.2, 0) is 4.79 Å². The molecule has 0 amide bonds. The normalized spacial score (nSPS) is 19.8. The molecule has 0 aromatic heterocycles. The van der Waals surface area contributed by atoms with E-state index in [1.54, 1.807) is 6.92 Å². The summed E-state index contributed by atoms with van der Waals surface area (Å²) >= 11 is 0. The average Bonchev–Trinajstić information content (AvgIpc) is 1.76. The molecule has 1 heterocycles. The van der Waals surface area contributed by atoms with Gasteiger partial charge in [-0.25, -0.2) is 0 Å². The molecule has 0 N–H and O–H groups in total. The number of halogens is 1. The molecule has 1 aliphatic rings. The molecule has 0 aliphatic carbocycles. The Balaban J connectivity index is 0.000001000. The zero-order chi connectivity index (χ0) is 7.56. The third kappa shape index (κ3) is 2.46. The molecule has 1 unspecified atom stereocenters. The first kappa shape index (κ1) is 10.9. The number of hydrogen-bond acceptors (Lipinski definition) is 2. The second-order valence-corrected chi connectivity index (χ2v) is 2.92. The second-order valence-electron chi connectivity index (χ2n) is 2.92. The Morgan fingerprint density at radius 1 is 1.55 bits per heavy atom. The lowest BCUT2D eigenvalue weighted by atomic mass is 10.0. The molecule has 3 heteroatoms. The Morgan fingerprint density at radius 3 is 2.18 bits per heavy atom. The van der Waals surface area contributed by atoms with Crippen molar-refractivity contribution in [2.24, 2.45) is 0 Å². The Labute approximate surface area is 74.4 Å². The van der Waals surface area contributed by atoms with Crippen LogP contribution in [0.2, 0.25) is 0 Å². The van der Waals surface area contributed by atoms with Gasteiger partial charge in [0, 0.05) is 13.1 Å². The summed E-state index contributed by atoms with van der Waals surface area (Å²) in [5, 5.41) is 0. The molecule has 0 saturated carbocycles. The van der Waals surface area contributed by atoms with E-state index in [2.05, 4.69) is 11.8 Å². The molecule has 0 aromatic rings. The van der Waals surface area contributed by atoms with Crippen molar-refractivity contribution < 1.29 is 4.79 Å². The molecular weight excluding hydrogens is 162 g/mol. The summed E-state index contributed by atoms with van der Waals surface area (Å²) in [4.78, 5) is 13.2. The van der Waals surface area contributed by atoms with Gasteiger partial charge >= 0.3 is 0 Å². The number of Topliss-reactive ketones (excluding diaryl/α,β-unsaturated/α-hetero) is 1. The van der Waals surface area contributed by atoms with Crippen LogP contribution < -0.4 is 0 Å². The summed E-state index contributed by atoms with van der Waals surface area (Å²) in [6, 6.07) is 0.216. The number of hydrogen-bond donors (Lipinski definition) is 0. The number of rotatable bonds is 3. The lowest BCUT2D eigenvalue weighted by molar-refractivity contribution is -0.123. The molecule has 2 nitrogen and oxygen atoms in total. The Kier molecular flexibility index (Phi) is 4.69. The quantitative estimate of drug-likeness (QED) is 0.651. The van der Waals surface area contributed by atoms with Crippen molar-refractivity contribution in [1.82, 2.24) is 4.90 Å². The van der Waals surface area contributed by atoms with E-state index in [0.717, 1.165) is 19.5 Å². The van der Waals surface area contributed by atoms with Crippen LogP contribution in [0.4, 0.5) is 0 Å². The van der Waals surface area contributed by atoms with Gasteiger partial charge in [0.1, 0.15) is 5.78 Å².